The molecular formula is C7H6N2S. The van der Waals surface area contributed by atoms with Crippen molar-refractivity contribution in [2.45, 2.75) is 0 Å². The molecule has 0 fully saturated rings. The number of hydrogen-bond donors (Lipinski definition) is 1. The first-order valence-corrected chi connectivity index (χ1v) is 3.40. The number of thiol groups is 1. The van der Waals surface area contributed by atoms with Gasteiger partial charge in [0.1, 0.15) is 0 Å². The van der Waals surface area contributed by atoms with Gasteiger partial charge in [-0.3, -0.25) is 0 Å². The van der Waals surface area contributed by atoms with Gasteiger partial charge in [-0.05, 0) is 18.9 Å². The van der Waals surface area contributed by atoms with Crippen LogP contribution in [0.15, 0.2) is 30.5 Å². The predicted molar refractivity (Wildman–Crippen MR) is 44.1 cm³/mol. The normalized spacial score (nSPS) is 10.5. The standard InChI is InChI=1S/C7H6N2S/c10-9-5-6-3-1-2-4-7(6)8-9/h1-5,10H. The molecule has 0 saturated carbocycles. The Morgan fingerprint density at radius 3 is 2.90 bits per heavy atom. The minimum absolute atomic E-state index is 0.984. The lowest BCUT2D eigenvalue weighted by Crippen LogP contribution is -1.75. The first kappa shape index (κ1) is 5.80. The zero-order valence-electron chi connectivity index (χ0n) is 5.23. The molecule has 0 spiro atoms. The maximum absolute atomic E-state index is 4.09. The SMILES string of the molecule is Sn1cc2ccccc2n1. The smallest absolute Gasteiger partial charge is 0.0933 e. The van der Waals surface area contributed by atoms with Crippen molar-refractivity contribution in [3.63, 3.8) is 0 Å². The molecule has 0 bridgehead atoms. The molecule has 0 unspecified atom stereocenters. The van der Waals surface area contributed by atoms with Crippen LogP contribution in [-0.4, -0.2) is 9.19 Å². The molecule has 0 atom stereocenters. The molecular weight excluding hydrogens is 144 g/mol. The van der Waals surface area contributed by atoms with Gasteiger partial charge in [-0.1, -0.05) is 18.2 Å². The highest BCUT2D eigenvalue weighted by atomic mass is 32.1. The molecule has 1 aromatic carbocycles. The molecule has 0 radical (unpaired) electrons. The van der Waals surface area contributed by atoms with Crippen molar-refractivity contribution >= 4 is 23.7 Å². The summed E-state index contributed by atoms with van der Waals surface area (Å²) in [5.74, 6) is 0. The van der Waals surface area contributed by atoms with E-state index in [9.17, 15) is 0 Å². The highest BCUT2D eigenvalue weighted by Crippen LogP contribution is 2.10. The van der Waals surface area contributed by atoms with Crippen LogP contribution in [0.3, 0.4) is 0 Å². The van der Waals surface area contributed by atoms with Crippen molar-refractivity contribution < 1.29 is 0 Å². The maximum Gasteiger partial charge on any atom is 0.0933 e. The topological polar surface area (TPSA) is 17.8 Å². The first-order chi connectivity index (χ1) is 4.86. The number of aromatic nitrogens is 2. The van der Waals surface area contributed by atoms with Crippen LogP contribution in [-0.2, 0) is 0 Å². The highest BCUT2D eigenvalue weighted by molar-refractivity contribution is 7.78. The molecule has 2 aromatic rings. The van der Waals surface area contributed by atoms with E-state index >= 15 is 0 Å². The number of fused-ring (bicyclic) bond motifs is 1. The van der Waals surface area contributed by atoms with E-state index < -0.39 is 0 Å². The average Bonchev–Trinajstić information content (AvgIpc) is 2.27. The van der Waals surface area contributed by atoms with Crippen LogP contribution in [0.4, 0.5) is 0 Å². The minimum atomic E-state index is 0.984. The second kappa shape index (κ2) is 2.02. The quantitative estimate of drug-likeness (QED) is 0.566. The Morgan fingerprint density at radius 1 is 1.30 bits per heavy atom. The summed E-state index contributed by atoms with van der Waals surface area (Å²) in [6.45, 7) is 0. The molecule has 0 N–H and O–H groups in total. The molecule has 2 rings (SSSR count). The van der Waals surface area contributed by atoms with Crippen molar-refractivity contribution in [1.29, 1.82) is 0 Å². The van der Waals surface area contributed by atoms with E-state index in [0.717, 1.165) is 10.9 Å². The van der Waals surface area contributed by atoms with Gasteiger partial charge in [-0.2, -0.15) is 5.10 Å². The van der Waals surface area contributed by atoms with Crippen LogP contribution >= 0.6 is 12.8 Å². The summed E-state index contributed by atoms with van der Waals surface area (Å²) in [6, 6.07) is 7.91. The molecule has 0 saturated heterocycles. The van der Waals surface area contributed by atoms with Gasteiger partial charge in [0.15, 0.2) is 0 Å². The minimum Gasteiger partial charge on any atom is -0.216 e. The van der Waals surface area contributed by atoms with E-state index in [2.05, 4.69) is 17.9 Å². The van der Waals surface area contributed by atoms with E-state index in [1.54, 1.807) is 0 Å². The zero-order chi connectivity index (χ0) is 6.97. The van der Waals surface area contributed by atoms with E-state index in [4.69, 9.17) is 0 Å². The van der Waals surface area contributed by atoms with Crippen molar-refractivity contribution in [1.82, 2.24) is 9.19 Å². The lowest BCUT2D eigenvalue weighted by molar-refractivity contribution is 1.04. The third-order valence-electron chi connectivity index (χ3n) is 1.40. The Kier molecular flexibility index (Phi) is 1.17. The molecule has 0 aliphatic rings. The third-order valence-corrected chi connectivity index (χ3v) is 1.61. The molecule has 2 nitrogen and oxygen atoms in total. The van der Waals surface area contributed by atoms with Crippen molar-refractivity contribution in [2.75, 3.05) is 0 Å². The Morgan fingerprint density at radius 2 is 2.10 bits per heavy atom. The van der Waals surface area contributed by atoms with Gasteiger partial charge in [0.05, 0.1) is 5.52 Å². The number of benzene rings is 1. The van der Waals surface area contributed by atoms with Crippen LogP contribution in [0.2, 0.25) is 0 Å². The van der Waals surface area contributed by atoms with Gasteiger partial charge in [-0.25, -0.2) is 4.09 Å². The fraction of sp³-hybridized carbons (Fsp3) is 0. The molecule has 10 heavy (non-hydrogen) atoms. The largest absolute Gasteiger partial charge is 0.216 e. The van der Waals surface area contributed by atoms with E-state index in [0.29, 0.717) is 0 Å². The van der Waals surface area contributed by atoms with Crippen LogP contribution in [0.5, 0.6) is 0 Å². The molecule has 1 aromatic heterocycles. The average molecular weight is 150 g/mol. The summed E-state index contributed by atoms with van der Waals surface area (Å²) >= 11 is 4.05. The summed E-state index contributed by atoms with van der Waals surface area (Å²) in [5.41, 5.74) is 0.984. The van der Waals surface area contributed by atoms with Crippen molar-refractivity contribution in [2.24, 2.45) is 0 Å². The molecule has 0 amide bonds. The van der Waals surface area contributed by atoms with Crippen LogP contribution < -0.4 is 0 Å². The van der Waals surface area contributed by atoms with Gasteiger partial charge in [0.25, 0.3) is 0 Å². The monoisotopic (exact) mass is 150 g/mol. The molecule has 0 aliphatic carbocycles. The maximum atomic E-state index is 4.09. The molecule has 1 heterocycles. The zero-order valence-corrected chi connectivity index (χ0v) is 6.12. The van der Waals surface area contributed by atoms with E-state index in [1.807, 2.05) is 30.5 Å². The summed E-state index contributed by atoms with van der Waals surface area (Å²) in [4.78, 5) is 0. The van der Waals surface area contributed by atoms with Crippen molar-refractivity contribution in [3.05, 3.63) is 30.5 Å². The molecule has 3 heteroatoms. The Hall–Kier alpha value is -0.960. The fourth-order valence-electron chi connectivity index (χ4n) is 0.951. The summed E-state index contributed by atoms with van der Waals surface area (Å²) in [7, 11) is 0. The van der Waals surface area contributed by atoms with E-state index in [1.165, 1.54) is 4.09 Å². The summed E-state index contributed by atoms with van der Waals surface area (Å²) < 4.78 is 1.52. The second-order valence-electron chi connectivity index (χ2n) is 2.11. The van der Waals surface area contributed by atoms with E-state index in [-0.39, 0.29) is 0 Å². The van der Waals surface area contributed by atoms with Gasteiger partial charge in [0, 0.05) is 11.6 Å². The van der Waals surface area contributed by atoms with Gasteiger partial charge < -0.3 is 0 Å². The van der Waals surface area contributed by atoms with Gasteiger partial charge in [0.2, 0.25) is 0 Å². The Bertz CT molecular complexity index is 320. The summed E-state index contributed by atoms with van der Waals surface area (Å²) in [6.07, 6.45) is 1.87. The third kappa shape index (κ3) is 0.789. The Labute approximate surface area is 64.0 Å². The lowest BCUT2D eigenvalue weighted by atomic mass is 10.3. The fourth-order valence-corrected chi connectivity index (χ4v) is 1.17. The van der Waals surface area contributed by atoms with Crippen molar-refractivity contribution in [3.8, 4) is 0 Å². The van der Waals surface area contributed by atoms with Gasteiger partial charge >= 0.3 is 0 Å². The second-order valence-corrected chi connectivity index (χ2v) is 2.52. The molecule has 50 valence electrons. The number of rotatable bonds is 0. The predicted octanol–water partition coefficient (Wildman–Crippen LogP) is 1.73. The number of hydrogen-bond acceptors (Lipinski definition) is 2. The lowest BCUT2D eigenvalue weighted by Gasteiger charge is -1.80. The molecule has 0 aliphatic heterocycles. The van der Waals surface area contributed by atoms with Gasteiger partial charge in [-0.15, -0.1) is 0 Å². The number of nitrogens with zero attached hydrogens (tertiary/aromatic N) is 2. The van der Waals surface area contributed by atoms with Crippen LogP contribution in [0.1, 0.15) is 0 Å². The van der Waals surface area contributed by atoms with Crippen LogP contribution in [0, 0.1) is 0 Å². The Balaban J connectivity index is 2.88. The summed E-state index contributed by atoms with van der Waals surface area (Å²) in [5, 5.41) is 5.22. The highest BCUT2D eigenvalue weighted by Gasteiger charge is 1.93. The van der Waals surface area contributed by atoms with Crippen LogP contribution in [0.25, 0.3) is 10.9 Å². The first-order valence-electron chi connectivity index (χ1n) is 3.00.